The maximum Gasteiger partial charge on any atom is 0.417 e. The van der Waals surface area contributed by atoms with Gasteiger partial charge in [-0.25, -0.2) is 4.79 Å². The molecule has 1 saturated heterocycles. The number of amides is 5. The molecule has 0 saturated carbocycles. The normalized spacial score (nSPS) is 18.3. The third-order valence-electron chi connectivity index (χ3n) is 4.64. The summed E-state index contributed by atoms with van der Waals surface area (Å²) in [6.45, 7) is 0. The summed E-state index contributed by atoms with van der Waals surface area (Å²) in [5, 5.41) is 4.63. The predicted octanol–water partition coefficient (Wildman–Crippen LogP) is 1.70. The van der Waals surface area contributed by atoms with Crippen LogP contribution < -0.4 is 15.4 Å². The molecule has 9 nitrogen and oxygen atoms in total. The van der Waals surface area contributed by atoms with Gasteiger partial charge >= 0.3 is 6.09 Å². The highest BCUT2D eigenvalue weighted by Gasteiger charge is 2.44. The van der Waals surface area contributed by atoms with E-state index in [1.165, 1.54) is 18.2 Å². The number of anilines is 1. The summed E-state index contributed by atoms with van der Waals surface area (Å²) < 4.78 is 5.13. The number of benzene rings is 2. The molecule has 1 atom stereocenters. The molecule has 1 fully saturated rings. The highest BCUT2D eigenvalue weighted by Crippen LogP contribution is 2.29. The van der Waals surface area contributed by atoms with Crippen molar-refractivity contribution < 1.29 is 28.7 Å². The van der Waals surface area contributed by atoms with Crippen LogP contribution in [-0.4, -0.2) is 40.7 Å². The van der Waals surface area contributed by atoms with E-state index in [0.717, 1.165) is 4.90 Å². The van der Waals surface area contributed by atoms with Gasteiger partial charge in [-0.15, -0.1) is 0 Å². The lowest BCUT2D eigenvalue weighted by molar-refractivity contribution is -0.136. The SMILES string of the molecule is O=C1CCC(N2C(=O)c3ccc(NC(=O)Oc4ccccc4)cc3C2=O)C(=O)N1. The summed E-state index contributed by atoms with van der Waals surface area (Å²) in [4.78, 5) is 61.7. The Bertz CT molecular complexity index is 1050. The van der Waals surface area contributed by atoms with Gasteiger partial charge in [-0.3, -0.25) is 34.7 Å². The van der Waals surface area contributed by atoms with Gasteiger partial charge in [0, 0.05) is 12.1 Å². The summed E-state index contributed by atoms with van der Waals surface area (Å²) in [7, 11) is 0. The van der Waals surface area contributed by atoms with Gasteiger partial charge in [0.1, 0.15) is 11.8 Å². The van der Waals surface area contributed by atoms with Crippen LogP contribution in [0.5, 0.6) is 5.75 Å². The van der Waals surface area contributed by atoms with Gasteiger partial charge in [0.25, 0.3) is 11.8 Å². The Morgan fingerprint density at radius 2 is 1.72 bits per heavy atom. The minimum Gasteiger partial charge on any atom is -0.410 e. The Labute approximate surface area is 164 Å². The maximum atomic E-state index is 12.8. The molecular formula is C20H15N3O6. The molecule has 146 valence electrons. The summed E-state index contributed by atoms with van der Waals surface area (Å²) in [6.07, 6.45) is -0.637. The minimum atomic E-state index is -1.04. The number of carbonyl (C=O) groups is 5. The van der Waals surface area contributed by atoms with Crippen molar-refractivity contribution in [1.29, 1.82) is 0 Å². The van der Waals surface area contributed by atoms with Gasteiger partial charge in [-0.1, -0.05) is 18.2 Å². The molecule has 0 spiro atoms. The van der Waals surface area contributed by atoms with Crippen LogP contribution in [0.1, 0.15) is 33.6 Å². The lowest BCUT2D eigenvalue weighted by Gasteiger charge is -2.27. The first-order valence-corrected chi connectivity index (χ1v) is 8.83. The monoisotopic (exact) mass is 393 g/mol. The Balaban J connectivity index is 1.52. The third kappa shape index (κ3) is 3.45. The van der Waals surface area contributed by atoms with Crippen molar-refractivity contribution in [2.75, 3.05) is 5.32 Å². The van der Waals surface area contributed by atoms with E-state index in [1.807, 2.05) is 0 Å². The lowest BCUT2D eigenvalue weighted by atomic mass is 10.0. The van der Waals surface area contributed by atoms with Crippen LogP contribution in [0.15, 0.2) is 48.5 Å². The molecule has 2 heterocycles. The molecule has 29 heavy (non-hydrogen) atoms. The zero-order chi connectivity index (χ0) is 20.5. The number of para-hydroxylation sites is 1. The second kappa shape index (κ2) is 7.19. The standard InChI is InChI=1S/C20H15N3O6/c24-16-9-8-15(17(25)22-16)23-18(26)13-7-6-11(10-14(13)19(23)27)21-20(28)29-12-4-2-1-3-5-12/h1-7,10,15H,8-9H2,(H,21,28)(H,22,24,25). The molecule has 2 aromatic rings. The van der Waals surface area contributed by atoms with Crippen molar-refractivity contribution in [3.8, 4) is 5.75 Å². The van der Waals surface area contributed by atoms with Gasteiger partial charge in [0.05, 0.1) is 11.1 Å². The van der Waals surface area contributed by atoms with E-state index in [1.54, 1.807) is 30.3 Å². The predicted molar refractivity (Wildman–Crippen MR) is 99.2 cm³/mol. The van der Waals surface area contributed by atoms with Crippen LogP contribution >= 0.6 is 0 Å². The molecule has 0 aromatic heterocycles. The van der Waals surface area contributed by atoms with Crippen molar-refractivity contribution in [2.45, 2.75) is 18.9 Å². The summed E-state index contributed by atoms with van der Waals surface area (Å²) >= 11 is 0. The third-order valence-corrected chi connectivity index (χ3v) is 4.64. The minimum absolute atomic E-state index is 0.0436. The average Bonchev–Trinajstić information content (AvgIpc) is 2.93. The first kappa shape index (κ1) is 18.4. The summed E-state index contributed by atoms with van der Waals surface area (Å²) in [5.74, 6) is -2.04. The number of imide groups is 2. The van der Waals surface area contributed by atoms with Crippen LogP contribution in [0.25, 0.3) is 0 Å². The van der Waals surface area contributed by atoms with Gasteiger partial charge in [0.2, 0.25) is 11.8 Å². The largest absolute Gasteiger partial charge is 0.417 e. The Kier molecular flexibility index (Phi) is 4.55. The highest BCUT2D eigenvalue weighted by atomic mass is 16.6. The van der Waals surface area contributed by atoms with E-state index >= 15 is 0 Å². The fourth-order valence-electron chi connectivity index (χ4n) is 3.29. The highest BCUT2D eigenvalue weighted by molar-refractivity contribution is 6.23. The van der Waals surface area contributed by atoms with Crippen LogP contribution in [0.3, 0.4) is 0 Å². The lowest BCUT2D eigenvalue weighted by Crippen LogP contribution is -2.54. The number of fused-ring (bicyclic) bond motifs is 1. The number of nitrogens with one attached hydrogen (secondary N) is 2. The molecule has 0 aliphatic carbocycles. The van der Waals surface area contributed by atoms with Crippen molar-refractivity contribution in [1.82, 2.24) is 10.2 Å². The van der Waals surface area contributed by atoms with Crippen molar-refractivity contribution in [3.05, 3.63) is 59.7 Å². The van der Waals surface area contributed by atoms with Crippen LogP contribution in [0, 0.1) is 0 Å². The molecule has 9 heteroatoms. The number of piperidine rings is 1. The second-order valence-corrected chi connectivity index (χ2v) is 6.54. The zero-order valence-electron chi connectivity index (χ0n) is 15.0. The van der Waals surface area contributed by atoms with Crippen molar-refractivity contribution >= 4 is 35.4 Å². The maximum absolute atomic E-state index is 12.8. The Hall–Kier alpha value is -4.01. The van der Waals surface area contributed by atoms with E-state index in [2.05, 4.69) is 10.6 Å². The van der Waals surface area contributed by atoms with Gasteiger partial charge in [0.15, 0.2) is 0 Å². The Morgan fingerprint density at radius 1 is 1.00 bits per heavy atom. The number of hydrogen-bond donors (Lipinski definition) is 2. The van der Waals surface area contributed by atoms with Gasteiger partial charge < -0.3 is 4.74 Å². The van der Waals surface area contributed by atoms with Crippen LogP contribution in [-0.2, 0) is 9.59 Å². The van der Waals surface area contributed by atoms with E-state index < -0.39 is 35.8 Å². The smallest absolute Gasteiger partial charge is 0.410 e. The van der Waals surface area contributed by atoms with Crippen molar-refractivity contribution in [3.63, 3.8) is 0 Å². The topological polar surface area (TPSA) is 122 Å². The second-order valence-electron chi connectivity index (χ2n) is 6.54. The summed E-state index contributed by atoms with van der Waals surface area (Å²) in [6, 6.07) is 11.6. The van der Waals surface area contributed by atoms with Crippen molar-refractivity contribution in [2.24, 2.45) is 0 Å². The van der Waals surface area contributed by atoms with Gasteiger partial charge in [-0.05, 0) is 36.8 Å². The molecule has 2 aromatic carbocycles. The summed E-state index contributed by atoms with van der Waals surface area (Å²) in [5.41, 5.74) is 0.454. The number of ether oxygens (including phenoxy) is 1. The van der Waals surface area contributed by atoms with E-state index in [-0.39, 0.29) is 29.7 Å². The van der Waals surface area contributed by atoms with E-state index in [0.29, 0.717) is 5.75 Å². The molecule has 1 unspecified atom stereocenters. The fourth-order valence-corrected chi connectivity index (χ4v) is 3.29. The number of carbonyl (C=O) groups excluding carboxylic acids is 5. The fraction of sp³-hybridized carbons (Fsp3) is 0.150. The average molecular weight is 393 g/mol. The zero-order valence-corrected chi connectivity index (χ0v) is 15.0. The number of rotatable bonds is 3. The molecule has 2 N–H and O–H groups in total. The first-order chi connectivity index (χ1) is 13.9. The first-order valence-electron chi connectivity index (χ1n) is 8.83. The molecule has 0 radical (unpaired) electrons. The molecule has 4 rings (SSSR count). The quantitative estimate of drug-likeness (QED) is 0.766. The molecule has 0 bridgehead atoms. The molecule has 2 aliphatic rings. The van der Waals surface area contributed by atoms with E-state index in [4.69, 9.17) is 4.74 Å². The molecular weight excluding hydrogens is 378 g/mol. The van der Waals surface area contributed by atoms with E-state index in [9.17, 15) is 24.0 Å². The van der Waals surface area contributed by atoms with Crippen LogP contribution in [0.2, 0.25) is 0 Å². The Morgan fingerprint density at radius 3 is 2.45 bits per heavy atom. The molecule has 5 amide bonds. The van der Waals surface area contributed by atoms with Crippen LogP contribution in [0.4, 0.5) is 10.5 Å². The molecule has 2 aliphatic heterocycles. The number of nitrogens with zero attached hydrogens (tertiary/aromatic N) is 1. The van der Waals surface area contributed by atoms with Gasteiger partial charge in [-0.2, -0.15) is 0 Å². The number of hydrogen-bond acceptors (Lipinski definition) is 6.